The van der Waals surface area contributed by atoms with Crippen molar-refractivity contribution in [2.45, 2.75) is 13.0 Å². The summed E-state index contributed by atoms with van der Waals surface area (Å²) >= 11 is 0. The van der Waals surface area contributed by atoms with E-state index in [4.69, 9.17) is 4.74 Å². The predicted molar refractivity (Wildman–Crippen MR) is 68.5 cm³/mol. The molecular formula is C13H19N3O2. The van der Waals surface area contributed by atoms with Crippen LogP contribution < -0.4 is 5.32 Å². The van der Waals surface area contributed by atoms with Crippen molar-refractivity contribution in [2.75, 3.05) is 33.3 Å². The molecule has 5 nitrogen and oxygen atoms in total. The van der Waals surface area contributed by atoms with E-state index in [0.717, 1.165) is 12.2 Å². The van der Waals surface area contributed by atoms with Crippen molar-refractivity contribution in [3.05, 3.63) is 29.6 Å². The first-order valence-electron chi connectivity index (χ1n) is 6.19. The highest BCUT2D eigenvalue weighted by atomic mass is 16.5. The number of nitrogens with one attached hydrogen (secondary N) is 1. The largest absolute Gasteiger partial charge is 0.373 e. The smallest absolute Gasteiger partial charge is 0.255 e. The van der Waals surface area contributed by atoms with Gasteiger partial charge in [0.2, 0.25) is 0 Å². The Morgan fingerprint density at radius 2 is 2.44 bits per heavy atom. The van der Waals surface area contributed by atoms with E-state index in [1.807, 2.05) is 31.0 Å². The number of nitrogens with zero attached hydrogens (tertiary/aromatic N) is 2. The first-order chi connectivity index (χ1) is 8.70. The summed E-state index contributed by atoms with van der Waals surface area (Å²) in [5.74, 6) is 0.0342. The zero-order valence-corrected chi connectivity index (χ0v) is 10.8. The van der Waals surface area contributed by atoms with Gasteiger partial charge in [0, 0.05) is 31.5 Å². The van der Waals surface area contributed by atoms with Crippen LogP contribution >= 0.6 is 0 Å². The van der Waals surface area contributed by atoms with Crippen LogP contribution in [-0.2, 0) is 4.74 Å². The van der Waals surface area contributed by atoms with Crippen molar-refractivity contribution in [2.24, 2.45) is 0 Å². The van der Waals surface area contributed by atoms with Gasteiger partial charge in [-0.05, 0) is 26.1 Å². The summed E-state index contributed by atoms with van der Waals surface area (Å²) in [6.45, 7) is 4.54. The van der Waals surface area contributed by atoms with E-state index < -0.39 is 0 Å². The van der Waals surface area contributed by atoms with Gasteiger partial charge in [-0.1, -0.05) is 0 Å². The minimum Gasteiger partial charge on any atom is -0.373 e. The van der Waals surface area contributed by atoms with Crippen LogP contribution in [0.5, 0.6) is 0 Å². The van der Waals surface area contributed by atoms with Gasteiger partial charge in [0.05, 0.1) is 18.3 Å². The Labute approximate surface area is 107 Å². The zero-order valence-electron chi connectivity index (χ0n) is 10.8. The monoisotopic (exact) mass is 249 g/mol. The molecule has 1 unspecified atom stereocenters. The SMILES string of the molecule is CNCC1CN(C(=O)c2ccc(C)nc2)CCO1. The van der Waals surface area contributed by atoms with Crippen LogP contribution in [-0.4, -0.2) is 55.2 Å². The van der Waals surface area contributed by atoms with Gasteiger partial charge in [0.25, 0.3) is 5.91 Å². The summed E-state index contributed by atoms with van der Waals surface area (Å²) in [5, 5.41) is 3.07. The van der Waals surface area contributed by atoms with Crippen LogP contribution in [0, 0.1) is 6.92 Å². The molecule has 0 radical (unpaired) electrons. The molecule has 1 aromatic rings. The number of pyridine rings is 1. The fourth-order valence-corrected chi connectivity index (χ4v) is 2.03. The molecule has 0 aliphatic carbocycles. The second-order valence-corrected chi connectivity index (χ2v) is 4.49. The summed E-state index contributed by atoms with van der Waals surface area (Å²) < 4.78 is 5.58. The molecule has 1 amide bonds. The van der Waals surface area contributed by atoms with Gasteiger partial charge < -0.3 is 15.0 Å². The van der Waals surface area contributed by atoms with E-state index in [1.165, 1.54) is 0 Å². The number of carbonyl (C=O) groups is 1. The summed E-state index contributed by atoms with van der Waals surface area (Å²) in [6.07, 6.45) is 1.71. The van der Waals surface area contributed by atoms with Crippen LogP contribution in [0.4, 0.5) is 0 Å². The number of likely N-dealkylation sites (N-methyl/N-ethyl adjacent to an activating group) is 1. The number of hydrogen-bond donors (Lipinski definition) is 1. The third-order valence-corrected chi connectivity index (χ3v) is 3.02. The Morgan fingerprint density at radius 3 is 3.11 bits per heavy atom. The lowest BCUT2D eigenvalue weighted by atomic mass is 10.2. The summed E-state index contributed by atoms with van der Waals surface area (Å²) in [4.78, 5) is 18.3. The predicted octanol–water partition coefficient (Wildman–Crippen LogP) is 0.450. The van der Waals surface area contributed by atoms with Gasteiger partial charge in [-0.3, -0.25) is 9.78 Å². The Hall–Kier alpha value is -1.46. The first-order valence-corrected chi connectivity index (χ1v) is 6.19. The van der Waals surface area contributed by atoms with E-state index >= 15 is 0 Å². The molecule has 1 saturated heterocycles. The molecular weight excluding hydrogens is 230 g/mol. The second-order valence-electron chi connectivity index (χ2n) is 4.49. The minimum absolute atomic E-state index is 0.0342. The van der Waals surface area contributed by atoms with Gasteiger partial charge in [-0.2, -0.15) is 0 Å². The molecule has 1 atom stereocenters. The number of ether oxygens (including phenoxy) is 1. The highest BCUT2D eigenvalue weighted by Gasteiger charge is 2.24. The third-order valence-electron chi connectivity index (χ3n) is 3.02. The van der Waals surface area contributed by atoms with Gasteiger partial charge in [0.15, 0.2) is 0 Å². The van der Waals surface area contributed by atoms with Crippen LogP contribution in [0.1, 0.15) is 16.1 Å². The van der Waals surface area contributed by atoms with Crippen LogP contribution in [0.15, 0.2) is 18.3 Å². The average molecular weight is 249 g/mol. The lowest BCUT2D eigenvalue weighted by Crippen LogP contribution is -2.48. The number of aromatic nitrogens is 1. The number of rotatable bonds is 3. The Kier molecular flexibility index (Phi) is 4.28. The topological polar surface area (TPSA) is 54.5 Å². The average Bonchev–Trinajstić information content (AvgIpc) is 2.39. The molecule has 18 heavy (non-hydrogen) atoms. The normalized spacial score (nSPS) is 19.9. The fourth-order valence-electron chi connectivity index (χ4n) is 2.03. The third kappa shape index (κ3) is 3.05. The molecule has 2 heterocycles. The molecule has 98 valence electrons. The fraction of sp³-hybridized carbons (Fsp3) is 0.538. The first kappa shape index (κ1) is 13.0. The highest BCUT2D eigenvalue weighted by molar-refractivity contribution is 5.94. The van der Waals surface area contributed by atoms with Gasteiger partial charge in [-0.25, -0.2) is 0 Å². The van der Waals surface area contributed by atoms with Gasteiger partial charge in [-0.15, -0.1) is 0 Å². The Balaban J connectivity index is 2.02. The van der Waals surface area contributed by atoms with Crippen molar-refractivity contribution >= 4 is 5.91 Å². The molecule has 0 aromatic carbocycles. The van der Waals surface area contributed by atoms with E-state index in [0.29, 0.717) is 25.3 Å². The molecule has 2 rings (SSSR count). The molecule has 0 bridgehead atoms. The van der Waals surface area contributed by atoms with E-state index in [9.17, 15) is 4.79 Å². The van der Waals surface area contributed by atoms with Gasteiger partial charge >= 0.3 is 0 Å². The quantitative estimate of drug-likeness (QED) is 0.845. The minimum atomic E-state index is 0.0342. The van der Waals surface area contributed by atoms with E-state index in [1.54, 1.807) is 6.20 Å². The maximum absolute atomic E-state index is 12.3. The molecule has 0 spiro atoms. The lowest BCUT2D eigenvalue weighted by molar-refractivity contribution is -0.0196. The van der Waals surface area contributed by atoms with Crippen LogP contribution in [0.3, 0.4) is 0 Å². The summed E-state index contributed by atoms with van der Waals surface area (Å²) in [5.41, 5.74) is 1.56. The van der Waals surface area contributed by atoms with Crippen LogP contribution in [0.2, 0.25) is 0 Å². The van der Waals surface area contributed by atoms with E-state index in [-0.39, 0.29) is 12.0 Å². The number of amides is 1. The molecule has 1 N–H and O–H groups in total. The number of carbonyl (C=O) groups excluding carboxylic acids is 1. The van der Waals surface area contributed by atoms with Crippen molar-refractivity contribution < 1.29 is 9.53 Å². The highest BCUT2D eigenvalue weighted by Crippen LogP contribution is 2.10. The summed E-state index contributed by atoms with van der Waals surface area (Å²) in [6, 6.07) is 3.69. The standard InChI is InChI=1S/C13H19N3O2/c1-10-3-4-11(7-15-10)13(17)16-5-6-18-12(9-16)8-14-2/h3-4,7,12,14H,5-6,8-9H2,1-2H3. The molecule has 0 saturated carbocycles. The zero-order chi connectivity index (χ0) is 13.0. The van der Waals surface area contributed by atoms with Crippen molar-refractivity contribution in [1.82, 2.24) is 15.2 Å². The second kappa shape index (κ2) is 5.93. The van der Waals surface area contributed by atoms with Crippen molar-refractivity contribution in [3.8, 4) is 0 Å². The molecule has 1 aromatic heterocycles. The number of hydrogen-bond acceptors (Lipinski definition) is 4. The Bertz CT molecular complexity index is 403. The maximum Gasteiger partial charge on any atom is 0.255 e. The molecule has 1 fully saturated rings. The van der Waals surface area contributed by atoms with Crippen LogP contribution in [0.25, 0.3) is 0 Å². The van der Waals surface area contributed by atoms with E-state index in [2.05, 4.69) is 10.3 Å². The Morgan fingerprint density at radius 1 is 1.61 bits per heavy atom. The maximum atomic E-state index is 12.3. The lowest BCUT2D eigenvalue weighted by Gasteiger charge is -2.32. The summed E-state index contributed by atoms with van der Waals surface area (Å²) in [7, 11) is 1.88. The number of aryl methyl sites for hydroxylation is 1. The van der Waals surface area contributed by atoms with Gasteiger partial charge in [0.1, 0.15) is 0 Å². The molecule has 1 aliphatic rings. The van der Waals surface area contributed by atoms with Crippen molar-refractivity contribution in [1.29, 1.82) is 0 Å². The molecule has 5 heteroatoms. The number of morpholine rings is 1. The van der Waals surface area contributed by atoms with Crippen molar-refractivity contribution in [3.63, 3.8) is 0 Å². The molecule has 1 aliphatic heterocycles.